The molecule has 0 aliphatic carbocycles. The van der Waals surface area contributed by atoms with Crippen LogP contribution in [0.2, 0.25) is 0 Å². The molecule has 32 heavy (non-hydrogen) atoms. The molecule has 1 aliphatic rings. The number of anilines is 1. The van der Waals surface area contributed by atoms with Crippen molar-refractivity contribution >= 4 is 22.6 Å². The minimum absolute atomic E-state index is 0.0731. The number of nitrogens with one attached hydrogen (secondary N) is 1. The van der Waals surface area contributed by atoms with Crippen LogP contribution in [0.3, 0.4) is 0 Å². The van der Waals surface area contributed by atoms with E-state index in [2.05, 4.69) is 37.2 Å². The summed E-state index contributed by atoms with van der Waals surface area (Å²) in [4.78, 5) is 26.0. The SMILES string of the molecule is COc1ccc2cc([C@H](C)C(=O)NCCCN3CCN(c4ncccn4)CC3)ccc2c1. The number of ether oxygens (including phenoxy) is 1. The quantitative estimate of drug-likeness (QED) is 0.551. The molecule has 7 nitrogen and oxygen atoms in total. The lowest BCUT2D eigenvalue weighted by Crippen LogP contribution is -2.47. The van der Waals surface area contributed by atoms with Crippen LogP contribution in [0.25, 0.3) is 10.8 Å². The van der Waals surface area contributed by atoms with Gasteiger partial charge in [-0.15, -0.1) is 0 Å². The Kier molecular flexibility index (Phi) is 7.17. The number of hydrogen-bond acceptors (Lipinski definition) is 6. The molecule has 4 rings (SSSR count). The highest BCUT2D eigenvalue weighted by atomic mass is 16.5. The fourth-order valence-corrected chi connectivity index (χ4v) is 4.08. The summed E-state index contributed by atoms with van der Waals surface area (Å²) in [5.74, 6) is 1.53. The molecule has 1 aliphatic heterocycles. The Hall–Kier alpha value is -3.19. The maximum Gasteiger partial charge on any atom is 0.227 e. The monoisotopic (exact) mass is 433 g/mol. The summed E-state index contributed by atoms with van der Waals surface area (Å²) < 4.78 is 5.29. The Morgan fingerprint density at radius 1 is 1.06 bits per heavy atom. The number of hydrogen-bond donors (Lipinski definition) is 1. The minimum Gasteiger partial charge on any atom is -0.497 e. The molecular weight excluding hydrogens is 402 g/mol. The van der Waals surface area contributed by atoms with Gasteiger partial charge in [0.25, 0.3) is 0 Å². The maximum atomic E-state index is 12.7. The topological polar surface area (TPSA) is 70.6 Å². The Bertz CT molecular complexity index is 1030. The van der Waals surface area contributed by atoms with Crippen molar-refractivity contribution in [1.29, 1.82) is 0 Å². The smallest absolute Gasteiger partial charge is 0.227 e. The molecule has 0 bridgehead atoms. The summed E-state index contributed by atoms with van der Waals surface area (Å²) in [6.07, 6.45) is 4.51. The summed E-state index contributed by atoms with van der Waals surface area (Å²) in [5, 5.41) is 5.33. The number of fused-ring (bicyclic) bond motifs is 1. The molecule has 0 spiro atoms. The van der Waals surface area contributed by atoms with Crippen molar-refractivity contribution in [1.82, 2.24) is 20.2 Å². The third-order valence-corrected chi connectivity index (χ3v) is 6.12. The van der Waals surface area contributed by atoms with E-state index in [1.807, 2.05) is 37.3 Å². The molecule has 0 unspecified atom stereocenters. The van der Waals surface area contributed by atoms with Crippen molar-refractivity contribution in [2.75, 3.05) is 51.3 Å². The zero-order chi connectivity index (χ0) is 22.3. The average Bonchev–Trinajstić information content (AvgIpc) is 2.86. The highest BCUT2D eigenvalue weighted by molar-refractivity contribution is 5.88. The van der Waals surface area contributed by atoms with Crippen LogP contribution >= 0.6 is 0 Å². The van der Waals surface area contributed by atoms with Gasteiger partial charge in [-0.2, -0.15) is 0 Å². The largest absolute Gasteiger partial charge is 0.497 e. The Morgan fingerprint density at radius 2 is 1.78 bits per heavy atom. The van der Waals surface area contributed by atoms with Crippen LogP contribution in [-0.4, -0.2) is 67.2 Å². The average molecular weight is 434 g/mol. The predicted octanol–water partition coefficient (Wildman–Crippen LogP) is 3.07. The molecule has 0 saturated carbocycles. The zero-order valence-corrected chi connectivity index (χ0v) is 18.8. The number of carbonyl (C=O) groups is 1. The van der Waals surface area contributed by atoms with Crippen LogP contribution in [0.5, 0.6) is 5.75 Å². The third kappa shape index (κ3) is 5.34. The summed E-state index contributed by atoms with van der Waals surface area (Å²) in [5.41, 5.74) is 1.03. The van der Waals surface area contributed by atoms with Crippen molar-refractivity contribution < 1.29 is 9.53 Å². The fraction of sp³-hybridized carbons (Fsp3) is 0.400. The van der Waals surface area contributed by atoms with E-state index < -0.39 is 0 Å². The van der Waals surface area contributed by atoms with Crippen LogP contribution in [0, 0.1) is 0 Å². The first-order chi connectivity index (χ1) is 15.6. The molecule has 7 heteroatoms. The van der Waals surface area contributed by atoms with Gasteiger partial charge < -0.3 is 15.0 Å². The van der Waals surface area contributed by atoms with Gasteiger partial charge in [-0.3, -0.25) is 9.69 Å². The van der Waals surface area contributed by atoms with E-state index in [0.717, 1.165) is 67.2 Å². The molecule has 0 radical (unpaired) electrons. The molecule has 1 aromatic heterocycles. The standard InChI is InChI=1S/C25H31N5O2/c1-19(20-5-6-22-18-23(32-2)8-7-21(22)17-20)24(31)26-11-4-12-29-13-15-30(16-14-29)25-27-9-3-10-28-25/h3,5-10,17-19H,4,11-16H2,1-2H3,(H,26,31)/t19-/m0/s1. The summed E-state index contributed by atoms with van der Waals surface area (Å²) in [6, 6.07) is 14.0. The Balaban J connectivity index is 1.20. The van der Waals surface area contributed by atoms with Gasteiger partial charge in [0.2, 0.25) is 11.9 Å². The number of rotatable bonds is 8. The lowest BCUT2D eigenvalue weighted by Gasteiger charge is -2.34. The fourth-order valence-electron chi connectivity index (χ4n) is 4.08. The van der Waals surface area contributed by atoms with E-state index in [0.29, 0.717) is 6.54 Å². The number of aromatic nitrogens is 2. The van der Waals surface area contributed by atoms with Gasteiger partial charge in [-0.1, -0.05) is 24.3 Å². The van der Waals surface area contributed by atoms with E-state index in [-0.39, 0.29) is 11.8 Å². The number of amides is 1. The third-order valence-electron chi connectivity index (χ3n) is 6.12. The second-order valence-corrected chi connectivity index (χ2v) is 8.22. The van der Waals surface area contributed by atoms with Gasteiger partial charge in [-0.25, -0.2) is 9.97 Å². The molecule has 2 heterocycles. The van der Waals surface area contributed by atoms with Crippen molar-refractivity contribution in [3.8, 4) is 5.75 Å². The van der Waals surface area contributed by atoms with E-state index in [1.54, 1.807) is 19.5 Å². The first kappa shape index (κ1) is 22.0. The predicted molar refractivity (Wildman–Crippen MR) is 127 cm³/mol. The highest BCUT2D eigenvalue weighted by Crippen LogP contribution is 2.25. The van der Waals surface area contributed by atoms with Crippen molar-refractivity contribution in [3.63, 3.8) is 0 Å². The lowest BCUT2D eigenvalue weighted by molar-refractivity contribution is -0.122. The molecule has 1 N–H and O–H groups in total. The summed E-state index contributed by atoms with van der Waals surface area (Å²) >= 11 is 0. The maximum absolute atomic E-state index is 12.7. The van der Waals surface area contributed by atoms with Gasteiger partial charge in [0.05, 0.1) is 13.0 Å². The van der Waals surface area contributed by atoms with Crippen molar-refractivity contribution in [2.24, 2.45) is 0 Å². The van der Waals surface area contributed by atoms with Crippen LogP contribution in [0.1, 0.15) is 24.8 Å². The number of benzene rings is 2. The summed E-state index contributed by atoms with van der Waals surface area (Å²) in [7, 11) is 1.67. The molecule has 168 valence electrons. The lowest BCUT2D eigenvalue weighted by atomic mass is 9.97. The Labute approximate surface area is 189 Å². The normalized spacial score (nSPS) is 15.5. The van der Waals surface area contributed by atoms with Crippen LogP contribution in [0.15, 0.2) is 54.9 Å². The van der Waals surface area contributed by atoms with Gasteiger partial charge in [0.1, 0.15) is 5.75 Å². The van der Waals surface area contributed by atoms with Gasteiger partial charge in [-0.05, 0) is 54.4 Å². The number of nitrogens with zero attached hydrogens (tertiary/aromatic N) is 4. The summed E-state index contributed by atoms with van der Waals surface area (Å²) in [6.45, 7) is 7.48. The minimum atomic E-state index is -0.184. The Morgan fingerprint density at radius 3 is 2.53 bits per heavy atom. The van der Waals surface area contributed by atoms with Crippen molar-refractivity contribution in [2.45, 2.75) is 19.3 Å². The van der Waals surface area contributed by atoms with E-state index in [1.165, 1.54) is 0 Å². The van der Waals surface area contributed by atoms with Crippen LogP contribution < -0.4 is 15.0 Å². The number of methoxy groups -OCH3 is 1. The van der Waals surface area contributed by atoms with E-state index in [4.69, 9.17) is 4.74 Å². The molecule has 1 fully saturated rings. The van der Waals surface area contributed by atoms with Crippen LogP contribution in [0.4, 0.5) is 5.95 Å². The van der Waals surface area contributed by atoms with E-state index >= 15 is 0 Å². The molecular formula is C25H31N5O2. The molecule has 1 atom stereocenters. The zero-order valence-electron chi connectivity index (χ0n) is 18.8. The molecule has 3 aromatic rings. The first-order valence-electron chi connectivity index (χ1n) is 11.2. The van der Waals surface area contributed by atoms with Gasteiger partial charge in [0.15, 0.2) is 0 Å². The molecule has 1 amide bonds. The second kappa shape index (κ2) is 10.4. The highest BCUT2D eigenvalue weighted by Gasteiger charge is 2.19. The number of piperazine rings is 1. The van der Waals surface area contributed by atoms with Gasteiger partial charge >= 0.3 is 0 Å². The molecule has 2 aromatic carbocycles. The first-order valence-corrected chi connectivity index (χ1v) is 11.2. The van der Waals surface area contributed by atoms with E-state index in [9.17, 15) is 4.79 Å². The van der Waals surface area contributed by atoms with Crippen molar-refractivity contribution in [3.05, 3.63) is 60.4 Å². The second-order valence-electron chi connectivity index (χ2n) is 8.22. The van der Waals surface area contributed by atoms with Gasteiger partial charge in [0, 0.05) is 45.1 Å². The molecule has 1 saturated heterocycles. The van der Waals surface area contributed by atoms with Crippen LogP contribution in [-0.2, 0) is 4.79 Å². The number of carbonyl (C=O) groups excluding carboxylic acids is 1.